The number of hydrogen-bond donors (Lipinski definition) is 0. The van der Waals surface area contributed by atoms with Gasteiger partial charge in [-0.2, -0.15) is 0 Å². The molecule has 0 N–H and O–H groups in total. The van der Waals surface area contributed by atoms with Gasteiger partial charge >= 0.3 is 11.7 Å². The van der Waals surface area contributed by atoms with E-state index >= 15 is 0 Å². The average molecular weight is 318 g/mol. The van der Waals surface area contributed by atoms with Crippen molar-refractivity contribution in [1.29, 1.82) is 0 Å². The molecule has 108 valence electrons. The number of carbonyl (C=O) groups is 1. The molecule has 1 fully saturated rings. The van der Waals surface area contributed by atoms with Gasteiger partial charge in [-0.05, 0) is 18.3 Å². The molecule has 0 bridgehead atoms. The highest BCUT2D eigenvalue weighted by Gasteiger charge is 2.45. The molecular formula is C11H12ClN3O4S. The molecule has 0 saturated heterocycles. The van der Waals surface area contributed by atoms with Gasteiger partial charge in [-0.25, -0.2) is 9.97 Å². The Kier molecular flexibility index (Phi) is 4.44. The van der Waals surface area contributed by atoms with Crippen LogP contribution in [0, 0.1) is 15.5 Å². The predicted molar refractivity (Wildman–Crippen MR) is 72.7 cm³/mol. The lowest BCUT2D eigenvalue weighted by Gasteiger charge is -2.12. The Labute approximate surface area is 124 Å². The smallest absolute Gasteiger partial charge is 0.338 e. The molecule has 1 aromatic heterocycles. The lowest BCUT2D eigenvalue weighted by molar-refractivity contribution is -0.388. The lowest BCUT2D eigenvalue weighted by atomic mass is 10.1. The first-order chi connectivity index (χ1) is 9.47. The summed E-state index contributed by atoms with van der Waals surface area (Å²) in [6.07, 6.45) is 3.32. The monoisotopic (exact) mass is 317 g/mol. The Balaban J connectivity index is 2.07. The standard InChI is InChI=1S/C11H12ClN3O4S/c1-19-7(16)4-11(2-3-11)5-20-10-8(15(17)18)9(12)13-6-14-10/h6H,2-5H2,1H3. The molecule has 0 radical (unpaired) electrons. The molecule has 0 unspecified atom stereocenters. The van der Waals surface area contributed by atoms with E-state index in [1.54, 1.807) is 0 Å². The van der Waals surface area contributed by atoms with E-state index in [4.69, 9.17) is 11.6 Å². The summed E-state index contributed by atoms with van der Waals surface area (Å²) in [6.45, 7) is 0. The van der Waals surface area contributed by atoms with Crippen LogP contribution in [0.1, 0.15) is 19.3 Å². The zero-order chi connectivity index (χ0) is 14.8. The number of hydrogen-bond acceptors (Lipinski definition) is 7. The number of carbonyl (C=O) groups excluding carboxylic acids is 1. The van der Waals surface area contributed by atoms with Crippen molar-refractivity contribution in [3.63, 3.8) is 0 Å². The van der Waals surface area contributed by atoms with E-state index in [9.17, 15) is 14.9 Å². The van der Waals surface area contributed by atoms with E-state index in [0.29, 0.717) is 12.2 Å². The Morgan fingerprint density at radius 1 is 1.60 bits per heavy atom. The molecule has 1 aliphatic rings. The first kappa shape index (κ1) is 15.0. The normalized spacial score (nSPS) is 15.7. The van der Waals surface area contributed by atoms with Crippen LogP contribution in [-0.4, -0.2) is 33.7 Å². The predicted octanol–water partition coefficient (Wildman–Crippen LogP) is 2.47. The molecule has 2 rings (SSSR count). The minimum atomic E-state index is -0.593. The maximum absolute atomic E-state index is 11.3. The highest BCUT2D eigenvalue weighted by atomic mass is 35.5. The maximum Gasteiger partial charge on any atom is 0.338 e. The van der Waals surface area contributed by atoms with E-state index in [2.05, 4.69) is 14.7 Å². The van der Waals surface area contributed by atoms with Crippen LogP contribution >= 0.6 is 23.4 Å². The van der Waals surface area contributed by atoms with Crippen LogP contribution in [-0.2, 0) is 9.53 Å². The van der Waals surface area contributed by atoms with Crippen LogP contribution in [0.2, 0.25) is 5.15 Å². The fourth-order valence-electron chi connectivity index (χ4n) is 1.75. The van der Waals surface area contributed by atoms with Gasteiger partial charge in [0.25, 0.3) is 0 Å². The SMILES string of the molecule is COC(=O)CC1(CSc2ncnc(Cl)c2[N+](=O)[O-])CC1. The summed E-state index contributed by atoms with van der Waals surface area (Å²) in [7, 11) is 1.35. The fourth-order valence-corrected chi connectivity index (χ4v) is 3.27. The molecule has 1 aliphatic carbocycles. The number of ether oxygens (including phenoxy) is 1. The highest BCUT2D eigenvalue weighted by molar-refractivity contribution is 7.99. The van der Waals surface area contributed by atoms with E-state index in [0.717, 1.165) is 12.8 Å². The quantitative estimate of drug-likeness (QED) is 0.261. The minimum Gasteiger partial charge on any atom is -0.469 e. The summed E-state index contributed by atoms with van der Waals surface area (Å²) in [4.78, 5) is 29.2. The Morgan fingerprint density at radius 2 is 2.30 bits per heavy atom. The number of nitrogens with zero attached hydrogens (tertiary/aromatic N) is 3. The summed E-state index contributed by atoms with van der Waals surface area (Å²) in [6, 6.07) is 0. The van der Waals surface area contributed by atoms with Gasteiger partial charge in [0.2, 0.25) is 5.15 Å². The van der Waals surface area contributed by atoms with Crippen molar-refractivity contribution in [3.8, 4) is 0 Å². The van der Waals surface area contributed by atoms with Gasteiger partial charge < -0.3 is 4.74 Å². The molecular weight excluding hydrogens is 306 g/mol. The molecule has 0 amide bonds. The lowest BCUT2D eigenvalue weighted by Crippen LogP contribution is -2.13. The van der Waals surface area contributed by atoms with Crippen LogP contribution in [0.5, 0.6) is 0 Å². The van der Waals surface area contributed by atoms with Crippen molar-refractivity contribution in [2.45, 2.75) is 24.3 Å². The first-order valence-corrected chi connectivity index (χ1v) is 7.18. The van der Waals surface area contributed by atoms with Gasteiger partial charge in [0.15, 0.2) is 5.03 Å². The van der Waals surface area contributed by atoms with Crippen molar-refractivity contribution in [2.75, 3.05) is 12.9 Å². The molecule has 20 heavy (non-hydrogen) atoms. The van der Waals surface area contributed by atoms with Crippen LogP contribution in [0.25, 0.3) is 0 Å². The van der Waals surface area contributed by atoms with Gasteiger partial charge in [-0.15, -0.1) is 0 Å². The van der Waals surface area contributed by atoms with Crippen molar-refractivity contribution in [3.05, 3.63) is 21.6 Å². The molecule has 1 saturated carbocycles. The van der Waals surface area contributed by atoms with Crippen LogP contribution in [0.15, 0.2) is 11.4 Å². The molecule has 0 atom stereocenters. The van der Waals surface area contributed by atoms with Gasteiger partial charge in [0, 0.05) is 5.75 Å². The second-order valence-corrected chi connectivity index (χ2v) is 5.94. The van der Waals surface area contributed by atoms with Crippen molar-refractivity contribution in [1.82, 2.24) is 9.97 Å². The summed E-state index contributed by atoms with van der Waals surface area (Å²) in [5.41, 5.74) is -0.420. The molecule has 0 aliphatic heterocycles. The topological polar surface area (TPSA) is 95.2 Å². The first-order valence-electron chi connectivity index (χ1n) is 5.82. The average Bonchev–Trinajstić information content (AvgIpc) is 3.16. The highest BCUT2D eigenvalue weighted by Crippen LogP contribution is 2.52. The maximum atomic E-state index is 11.3. The second kappa shape index (κ2) is 5.92. The molecule has 0 aromatic carbocycles. The Bertz CT molecular complexity index is 550. The van der Waals surface area contributed by atoms with E-state index < -0.39 is 4.92 Å². The van der Waals surface area contributed by atoms with Gasteiger partial charge in [-0.3, -0.25) is 14.9 Å². The van der Waals surface area contributed by atoms with Gasteiger partial charge in [0.05, 0.1) is 18.5 Å². The van der Waals surface area contributed by atoms with Crippen molar-refractivity contribution < 1.29 is 14.5 Å². The largest absolute Gasteiger partial charge is 0.469 e. The summed E-state index contributed by atoms with van der Waals surface area (Å²) < 4.78 is 4.66. The number of halogens is 1. The Hall–Kier alpha value is -1.41. The van der Waals surface area contributed by atoms with Crippen molar-refractivity contribution in [2.24, 2.45) is 5.41 Å². The van der Waals surface area contributed by atoms with Crippen molar-refractivity contribution >= 4 is 35.0 Å². The third kappa shape index (κ3) is 3.37. The number of thioether (sulfide) groups is 1. The van der Waals surface area contributed by atoms with Crippen LogP contribution in [0.4, 0.5) is 5.69 Å². The summed E-state index contributed by atoms with van der Waals surface area (Å²) in [5, 5.41) is 11.0. The van der Waals surface area contributed by atoms with E-state index in [1.807, 2.05) is 0 Å². The third-order valence-electron chi connectivity index (χ3n) is 3.15. The van der Waals surface area contributed by atoms with Crippen LogP contribution in [0.3, 0.4) is 0 Å². The van der Waals surface area contributed by atoms with E-state index in [1.165, 1.54) is 25.2 Å². The third-order valence-corrected chi connectivity index (χ3v) is 4.75. The van der Waals surface area contributed by atoms with Crippen LogP contribution < -0.4 is 0 Å². The van der Waals surface area contributed by atoms with E-state index in [-0.39, 0.29) is 27.3 Å². The number of nitro groups is 1. The van der Waals surface area contributed by atoms with Gasteiger partial charge in [0.1, 0.15) is 6.33 Å². The minimum absolute atomic E-state index is 0.136. The molecule has 1 heterocycles. The number of aromatic nitrogens is 2. The zero-order valence-electron chi connectivity index (χ0n) is 10.7. The number of methoxy groups -OCH3 is 1. The number of esters is 1. The summed E-state index contributed by atoms with van der Waals surface area (Å²) >= 11 is 6.94. The zero-order valence-corrected chi connectivity index (χ0v) is 12.2. The Morgan fingerprint density at radius 3 is 2.85 bits per heavy atom. The molecule has 0 spiro atoms. The summed E-state index contributed by atoms with van der Waals surface area (Å²) in [5.74, 6) is 0.300. The molecule has 9 heteroatoms. The molecule has 7 nitrogen and oxygen atoms in total. The second-order valence-electron chi connectivity index (χ2n) is 4.62. The van der Waals surface area contributed by atoms with Gasteiger partial charge in [-0.1, -0.05) is 23.4 Å². The molecule has 1 aromatic rings. The fraction of sp³-hybridized carbons (Fsp3) is 0.545. The number of rotatable bonds is 6.